The van der Waals surface area contributed by atoms with Crippen molar-refractivity contribution in [2.24, 2.45) is 11.8 Å². The van der Waals surface area contributed by atoms with Crippen molar-refractivity contribution in [1.29, 1.82) is 0 Å². The number of esters is 1. The average Bonchev–Trinajstić information content (AvgIpc) is 3.41. The molecular weight excluding hydrogens is 352 g/mol. The van der Waals surface area contributed by atoms with Crippen LogP contribution in [0.25, 0.3) is 11.5 Å². The molecule has 0 N–H and O–H groups in total. The Morgan fingerprint density at radius 1 is 1.26 bits per heavy atom. The van der Waals surface area contributed by atoms with Gasteiger partial charge in [0.05, 0.1) is 18.1 Å². The molecule has 1 saturated heterocycles. The lowest BCUT2D eigenvalue weighted by molar-refractivity contribution is -0.159. The number of hydrogen-bond acceptors (Lipinski definition) is 7. The van der Waals surface area contributed by atoms with E-state index in [9.17, 15) is 14.4 Å². The molecule has 3 heterocycles. The Bertz CT molecular complexity index is 871. The number of likely N-dealkylation sites (tertiary alicyclic amines) is 1. The van der Waals surface area contributed by atoms with E-state index in [2.05, 4.69) is 5.16 Å². The predicted molar refractivity (Wildman–Crippen MR) is 90.7 cm³/mol. The lowest BCUT2D eigenvalue weighted by Gasteiger charge is -2.21. The van der Waals surface area contributed by atoms with Gasteiger partial charge in [-0.25, -0.2) is 4.79 Å². The zero-order valence-corrected chi connectivity index (χ0v) is 14.7. The summed E-state index contributed by atoms with van der Waals surface area (Å²) in [6.45, 7) is 1.37. The Morgan fingerprint density at radius 2 is 1.96 bits per heavy atom. The number of imide groups is 1. The van der Waals surface area contributed by atoms with Crippen molar-refractivity contribution in [3.63, 3.8) is 0 Å². The number of amides is 2. The van der Waals surface area contributed by atoms with Gasteiger partial charge in [0.15, 0.2) is 5.76 Å². The summed E-state index contributed by atoms with van der Waals surface area (Å²) >= 11 is 0. The first-order valence-electron chi connectivity index (χ1n) is 8.74. The summed E-state index contributed by atoms with van der Waals surface area (Å²) in [6, 6.07) is 4.06. The number of fused-ring (bicyclic) bond motifs is 1. The van der Waals surface area contributed by atoms with Crippen molar-refractivity contribution < 1.29 is 28.1 Å². The van der Waals surface area contributed by atoms with Crippen molar-refractivity contribution in [2.75, 3.05) is 0 Å². The number of carbonyl (C=O) groups excluding carboxylic acids is 3. The minimum absolute atomic E-state index is 0.127. The van der Waals surface area contributed by atoms with Gasteiger partial charge in [-0.15, -0.1) is 0 Å². The van der Waals surface area contributed by atoms with Crippen molar-refractivity contribution in [1.82, 2.24) is 10.1 Å². The summed E-state index contributed by atoms with van der Waals surface area (Å²) in [6.07, 6.45) is 6.38. The molecule has 0 radical (unpaired) electrons. The van der Waals surface area contributed by atoms with Gasteiger partial charge in [-0.1, -0.05) is 17.3 Å². The maximum absolute atomic E-state index is 12.5. The molecule has 2 aromatic heterocycles. The fourth-order valence-corrected chi connectivity index (χ4v) is 3.49. The van der Waals surface area contributed by atoms with Gasteiger partial charge in [-0.05, 0) is 31.9 Å². The van der Waals surface area contributed by atoms with Crippen molar-refractivity contribution in [3.8, 4) is 11.5 Å². The molecule has 0 spiro atoms. The minimum atomic E-state index is -0.980. The maximum Gasteiger partial charge on any atom is 0.329 e. The third kappa shape index (κ3) is 3.07. The Kier molecular flexibility index (Phi) is 4.39. The van der Waals surface area contributed by atoms with Crippen LogP contribution in [0.15, 0.2) is 45.6 Å². The topological polar surface area (TPSA) is 103 Å². The number of aromatic nitrogens is 1. The largest absolute Gasteiger partial charge is 0.461 e. The zero-order chi connectivity index (χ0) is 19.0. The average molecular weight is 370 g/mol. The highest BCUT2D eigenvalue weighted by atomic mass is 16.5. The van der Waals surface area contributed by atoms with Gasteiger partial charge in [-0.2, -0.15) is 0 Å². The van der Waals surface area contributed by atoms with E-state index in [-0.39, 0.29) is 30.3 Å². The van der Waals surface area contributed by atoms with E-state index in [4.69, 9.17) is 13.7 Å². The monoisotopic (exact) mass is 370 g/mol. The minimum Gasteiger partial charge on any atom is -0.461 e. The molecule has 0 aromatic carbocycles. The van der Waals surface area contributed by atoms with Crippen LogP contribution in [0.2, 0.25) is 0 Å². The normalized spacial score (nSPS) is 22.8. The standard InChI is InChI=1S/C19H18N2O6/c1-11(21-17(22)13-5-2-3-6-14(13)18(21)23)19(24)26-10-12-9-16(27-20-12)15-7-4-8-25-15/h2-4,7-9,11,13-14H,5-6,10H2,1H3/t11-,13-,14-/m0/s1. The third-order valence-corrected chi connectivity index (χ3v) is 4.96. The van der Waals surface area contributed by atoms with E-state index in [1.54, 1.807) is 18.2 Å². The molecule has 4 rings (SSSR count). The fraction of sp³-hybridized carbons (Fsp3) is 0.368. The molecular formula is C19H18N2O6. The quantitative estimate of drug-likeness (QED) is 0.452. The number of furan rings is 1. The highest BCUT2D eigenvalue weighted by Crippen LogP contribution is 2.36. The van der Waals surface area contributed by atoms with Crippen LogP contribution in [0.5, 0.6) is 0 Å². The SMILES string of the molecule is C[C@@H](C(=O)OCc1cc(-c2ccco2)on1)N1C(=O)[C@H]2CC=CC[C@@H]2C1=O. The molecule has 27 heavy (non-hydrogen) atoms. The predicted octanol–water partition coefficient (Wildman–Crippen LogP) is 2.32. The molecule has 1 fully saturated rings. The summed E-state index contributed by atoms with van der Waals surface area (Å²) in [5.74, 6) is -1.08. The Labute approximate surface area is 154 Å². The summed E-state index contributed by atoms with van der Waals surface area (Å²) in [4.78, 5) is 38.5. The lowest BCUT2D eigenvalue weighted by atomic mass is 9.85. The van der Waals surface area contributed by atoms with Gasteiger partial charge in [0.2, 0.25) is 17.6 Å². The van der Waals surface area contributed by atoms with E-state index in [1.165, 1.54) is 13.2 Å². The molecule has 1 aliphatic heterocycles. The molecule has 0 bridgehead atoms. The van der Waals surface area contributed by atoms with Gasteiger partial charge in [0.25, 0.3) is 0 Å². The molecule has 1 aliphatic carbocycles. The number of ether oxygens (including phenoxy) is 1. The van der Waals surface area contributed by atoms with E-state index in [0.717, 1.165) is 4.90 Å². The van der Waals surface area contributed by atoms with Gasteiger partial charge >= 0.3 is 5.97 Å². The Morgan fingerprint density at radius 3 is 2.59 bits per heavy atom. The van der Waals surface area contributed by atoms with Crippen molar-refractivity contribution in [2.45, 2.75) is 32.4 Å². The second-order valence-electron chi connectivity index (χ2n) is 6.65. The Balaban J connectivity index is 1.38. The molecule has 2 aromatic rings. The van der Waals surface area contributed by atoms with Gasteiger partial charge in [-0.3, -0.25) is 14.5 Å². The van der Waals surface area contributed by atoms with E-state index in [1.807, 2.05) is 12.2 Å². The van der Waals surface area contributed by atoms with Crippen LogP contribution >= 0.6 is 0 Å². The van der Waals surface area contributed by atoms with Gasteiger partial charge in [0, 0.05) is 6.07 Å². The molecule has 2 amide bonds. The maximum atomic E-state index is 12.5. The van der Waals surface area contributed by atoms with E-state index in [0.29, 0.717) is 30.1 Å². The van der Waals surface area contributed by atoms with Crippen molar-refractivity contribution in [3.05, 3.63) is 42.3 Å². The molecule has 8 heteroatoms. The second kappa shape index (κ2) is 6.86. The summed E-state index contributed by atoms with van der Waals surface area (Å²) in [5, 5.41) is 3.82. The van der Waals surface area contributed by atoms with E-state index < -0.39 is 12.0 Å². The first-order chi connectivity index (χ1) is 13.1. The third-order valence-electron chi connectivity index (χ3n) is 4.96. The first-order valence-corrected chi connectivity index (χ1v) is 8.74. The summed E-state index contributed by atoms with van der Waals surface area (Å²) in [5.41, 5.74) is 0.402. The first kappa shape index (κ1) is 17.3. The number of hydrogen-bond donors (Lipinski definition) is 0. The smallest absolute Gasteiger partial charge is 0.329 e. The van der Waals surface area contributed by atoms with Crippen LogP contribution in [0.4, 0.5) is 0 Å². The highest BCUT2D eigenvalue weighted by molar-refractivity contribution is 6.08. The summed E-state index contributed by atoms with van der Waals surface area (Å²) in [7, 11) is 0. The van der Waals surface area contributed by atoms with E-state index >= 15 is 0 Å². The lowest BCUT2D eigenvalue weighted by Crippen LogP contribution is -2.44. The highest BCUT2D eigenvalue weighted by Gasteiger charge is 2.50. The van der Waals surface area contributed by atoms with Crippen LogP contribution in [0.3, 0.4) is 0 Å². The van der Waals surface area contributed by atoms with Crippen LogP contribution in [-0.2, 0) is 25.7 Å². The van der Waals surface area contributed by atoms with Gasteiger partial charge in [0.1, 0.15) is 18.3 Å². The Hall–Kier alpha value is -3.16. The molecule has 2 aliphatic rings. The van der Waals surface area contributed by atoms with Crippen molar-refractivity contribution >= 4 is 17.8 Å². The molecule has 3 atom stereocenters. The second-order valence-corrected chi connectivity index (χ2v) is 6.65. The number of rotatable bonds is 5. The molecule has 0 unspecified atom stereocenters. The van der Waals surface area contributed by atoms with Crippen LogP contribution in [0, 0.1) is 11.8 Å². The molecule has 8 nitrogen and oxygen atoms in total. The van der Waals surface area contributed by atoms with Crippen LogP contribution in [-0.4, -0.2) is 33.9 Å². The van der Waals surface area contributed by atoms with Crippen LogP contribution in [0.1, 0.15) is 25.5 Å². The van der Waals surface area contributed by atoms with Gasteiger partial charge < -0.3 is 13.7 Å². The molecule has 0 saturated carbocycles. The summed E-state index contributed by atoms with van der Waals surface area (Å²) < 4.78 is 15.6. The van der Waals surface area contributed by atoms with Crippen LogP contribution < -0.4 is 0 Å². The number of allylic oxidation sites excluding steroid dienone is 2. The fourth-order valence-electron chi connectivity index (χ4n) is 3.49. The number of nitrogens with zero attached hydrogens (tertiary/aromatic N) is 2. The molecule has 140 valence electrons. The number of carbonyl (C=O) groups is 3. The zero-order valence-electron chi connectivity index (χ0n) is 14.7.